The van der Waals surface area contributed by atoms with E-state index in [1.54, 1.807) is 0 Å². The van der Waals surface area contributed by atoms with Crippen LogP contribution in [-0.4, -0.2) is 23.0 Å². The van der Waals surface area contributed by atoms with E-state index in [9.17, 15) is 4.79 Å². The number of nitrogens with zero attached hydrogens (tertiary/aromatic N) is 1. The van der Waals surface area contributed by atoms with E-state index in [4.69, 9.17) is 10.9 Å². The summed E-state index contributed by atoms with van der Waals surface area (Å²) in [5.74, 6) is 0.725. The molecule has 1 amide bonds. The second kappa shape index (κ2) is 7.14. The summed E-state index contributed by atoms with van der Waals surface area (Å²) in [6, 6.07) is 0.243. The van der Waals surface area contributed by atoms with Crippen LogP contribution in [0.5, 0.6) is 0 Å². The van der Waals surface area contributed by atoms with E-state index in [1.165, 1.54) is 12.8 Å². The molecule has 0 aliphatic heterocycles. The summed E-state index contributed by atoms with van der Waals surface area (Å²) in [6.45, 7) is 2.24. The van der Waals surface area contributed by atoms with E-state index in [-0.39, 0.29) is 17.8 Å². The monoisotopic (exact) mass is 295 g/mol. The van der Waals surface area contributed by atoms with Crippen LogP contribution in [0.25, 0.3) is 0 Å². The van der Waals surface area contributed by atoms with Gasteiger partial charge in [-0.2, -0.15) is 0 Å². The number of amidine groups is 1. The van der Waals surface area contributed by atoms with Crippen LogP contribution in [0.1, 0.15) is 71.1 Å². The zero-order chi connectivity index (χ0) is 15.3. The first-order chi connectivity index (χ1) is 10.1. The minimum Gasteiger partial charge on any atom is -0.409 e. The Labute approximate surface area is 127 Å². The molecule has 21 heavy (non-hydrogen) atoms. The van der Waals surface area contributed by atoms with Gasteiger partial charge in [-0.15, -0.1) is 0 Å². The summed E-state index contributed by atoms with van der Waals surface area (Å²) >= 11 is 0. The lowest BCUT2D eigenvalue weighted by Gasteiger charge is -2.34. The molecule has 2 rings (SSSR count). The van der Waals surface area contributed by atoms with Crippen molar-refractivity contribution in [3.63, 3.8) is 0 Å². The van der Waals surface area contributed by atoms with Gasteiger partial charge in [0.1, 0.15) is 5.41 Å². The lowest BCUT2D eigenvalue weighted by atomic mass is 9.77. The Morgan fingerprint density at radius 1 is 1.19 bits per heavy atom. The summed E-state index contributed by atoms with van der Waals surface area (Å²) in [6.07, 6.45) is 10.0. The average Bonchev–Trinajstić information content (AvgIpc) is 2.73. The fourth-order valence-corrected chi connectivity index (χ4v) is 3.92. The fraction of sp³-hybridized carbons (Fsp3) is 0.875. The SMILES string of the molecule is CC1CCCC(NC(=O)C2(C(N)=NO)CCCCCC2)C1. The zero-order valence-electron chi connectivity index (χ0n) is 13.1. The first-order valence-corrected chi connectivity index (χ1v) is 8.37. The van der Waals surface area contributed by atoms with E-state index < -0.39 is 5.41 Å². The molecule has 120 valence electrons. The van der Waals surface area contributed by atoms with Gasteiger partial charge in [-0.05, 0) is 31.6 Å². The highest BCUT2D eigenvalue weighted by molar-refractivity contribution is 6.06. The van der Waals surface area contributed by atoms with E-state index in [1.807, 2.05) is 0 Å². The highest BCUT2D eigenvalue weighted by Gasteiger charge is 2.43. The van der Waals surface area contributed by atoms with E-state index in [0.29, 0.717) is 18.8 Å². The number of nitrogens with two attached hydrogens (primary N) is 1. The maximum Gasteiger partial charge on any atom is 0.234 e. The predicted octanol–water partition coefficient (Wildman–Crippen LogP) is 2.77. The molecule has 2 aliphatic carbocycles. The summed E-state index contributed by atoms with van der Waals surface area (Å²) in [5, 5.41) is 15.5. The van der Waals surface area contributed by atoms with Gasteiger partial charge in [-0.1, -0.05) is 50.6 Å². The first-order valence-electron chi connectivity index (χ1n) is 8.37. The van der Waals surface area contributed by atoms with Crippen LogP contribution in [0.15, 0.2) is 5.16 Å². The molecule has 4 N–H and O–H groups in total. The molecule has 0 aromatic rings. The van der Waals surface area contributed by atoms with E-state index in [0.717, 1.165) is 38.5 Å². The smallest absolute Gasteiger partial charge is 0.234 e. The zero-order valence-corrected chi connectivity index (χ0v) is 13.1. The Hall–Kier alpha value is -1.26. The lowest BCUT2D eigenvalue weighted by molar-refractivity contribution is -0.129. The highest BCUT2D eigenvalue weighted by Crippen LogP contribution is 2.36. The Bertz CT molecular complexity index is 387. The van der Waals surface area contributed by atoms with Crippen LogP contribution in [0, 0.1) is 11.3 Å². The number of carbonyl (C=O) groups excluding carboxylic acids is 1. The summed E-state index contributed by atoms with van der Waals surface area (Å²) in [5.41, 5.74) is 5.12. The van der Waals surface area contributed by atoms with Gasteiger partial charge in [0.2, 0.25) is 5.91 Å². The molecule has 0 aromatic carbocycles. The van der Waals surface area contributed by atoms with Gasteiger partial charge in [0.25, 0.3) is 0 Å². The van der Waals surface area contributed by atoms with Gasteiger partial charge >= 0.3 is 0 Å². The Morgan fingerprint density at radius 2 is 1.86 bits per heavy atom. The van der Waals surface area contributed by atoms with Crippen molar-refractivity contribution in [2.45, 2.75) is 77.2 Å². The number of rotatable bonds is 3. The maximum absolute atomic E-state index is 12.9. The second-order valence-corrected chi connectivity index (χ2v) is 6.92. The molecule has 0 spiro atoms. The number of hydrogen-bond acceptors (Lipinski definition) is 3. The van der Waals surface area contributed by atoms with Crippen molar-refractivity contribution in [1.82, 2.24) is 5.32 Å². The molecule has 0 aromatic heterocycles. The van der Waals surface area contributed by atoms with Gasteiger partial charge in [0, 0.05) is 6.04 Å². The normalized spacial score (nSPS) is 30.4. The van der Waals surface area contributed by atoms with E-state index in [2.05, 4.69) is 17.4 Å². The van der Waals surface area contributed by atoms with Crippen LogP contribution >= 0.6 is 0 Å². The molecular weight excluding hydrogens is 266 g/mol. The minimum absolute atomic E-state index is 0.0289. The standard InChI is InChI=1S/C16H29N3O2/c1-12-7-6-8-13(11-12)18-15(20)16(14(17)19-21)9-4-2-3-5-10-16/h12-13,21H,2-11H2,1H3,(H2,17,19)(H,18,20). The predicted molar refractivity (Wildman–Crippen MR) is 83.1 cm³/mol. The molecule has 2 fully saturated rings. The quantitative estimate of drug-likeness (QED) is 0.246. The Morgan fingerprint density at radius 3 is 2.43 bits per heavy atom. The number of amides is 1. The summed E-state index contributed by atoms with van der Waals surface area (Å²) < 4.78 is 0. The van der Waals surface area contributed by atoms with Crippen molar-refractivity contribution >= 4 is 11.7 Å². The van der Waals surface area contributed by atoms with Gasteiger partial charge in [-0.3, -0.25) is 4.79 Å². The fourth-order valence-electron chi connectivity index (χ4n) is 3.92. The van der Waals surface area contributed by atoms with Crippen LogP contribution in [0.2, 0.25) is 0 Å². The molecule has 2 saturated carbocycles. The van der Waals surface area contributed by atoms with Crippen molar-refractivity contribution in [3.8, 4) is 0 Å². The summed E-state index contributed by atoms with van der Waals surface area (Å²) in [7, 11) is 0. The summed E-state index contributed by atoms with van der Waals surface area (Å²) in [4.78, 5) is 12.9. The third-order valence-electron chi connectivity index (χ3n) is 5.26. The van der Waals surface area contributed by atoms with E-state index >= 15 is 0 Å². The number of oxime groups is 1. The molecule has 5 heteroatoms. The largest absolute Gasteiger partial charge is 0.409 e. The van der Waals surface area contributed by atoms with Crippen LogP contribution < -0.4 is 11.1 Å². The number of hydrogen-bond donors (Lipinski definition) is 3. The second-order valence-electron chi connectivity index (χ2n) is 6.92. The van der Waals surface area contributed by atoms with Crippen molar-refractivity contribution in [1.29, 1.82) is 0 Å². The van der Waals surface area contributed by atoms with Gasteiger partial charge < -0.3 is 16.3 Å². The molecule has 2 atom stereocenters. The molecule has 0 saturated heterocycles. The molecular formula is C16H29N3O2. The Balaban J connectivity index is 2.10. The number of carbonyl (C=O) groups is 1. The van der Waals surface area contributed by atoms with Gasteiger partial charge in [0.15, 0.2) is 5.84 Å². The molecule has 2 aliphatic rings. The van der Waals surface area contributed by atoms with Crippen molar-refractivity contribution in [2.24, 2.45) is 22.2 Å². The Kier molecular flexibility index (Phi) is 5.48. The van der Waals surface area contributed by atoms with Crippen molar-refractivity contribution in [3.05, 3.63) is 0 Å². The third-order valence-corrected chi connectivity index (χ3v) is 5.26. The molecule has 0 heterocycles. The number of nitrogens with one attached hydrogen (secondary N) is 1. The highest BCUT2D eigenvalue weighted by atomic mass is 16.4. The van der Waals surface area contributed by atoms with Crippen LogP contribution in [0.3, 0.4) is 0 Å². The van der Waals surface area contributed by atoms with Crippen molar-refractivity contribution in [2.75, 3.05) is 0 Å². The molecule has 0 bridgehead atoms. The molecule has 0 radical (unpaired) electrons. The third kappa shape index (κ3) is 3.69. The topological polar surface area (TPSA) is 87.7 Å². The lowest BCUT2D eigenvalue weighted by Crippen LogP contribution is -2.52. The molecule has 5 nitrogen and oxygen atoms in total. The van der Waals surface area contributed by atoms with Crippen LogP contribution in [0.4, 0.5) is 0 Å². The van der Waals surface area contributed by atoms with Gasteiger partial charge in [-0.25, -0.2) is 0 Å². The van der Waals surface area contributed by atoms with Crippen LogP contribution in [-0.2, 0) is 4.79 Å². The minimum atomic E-state index is -0.800. The first kappa shape index (κ1) is 16.1. The van der Waals surface area contributed by atoms with Crippen molar-refractivity contribution < 1.29 is 10.0 Å². The maximum atomic E-state index is 12.9. The van der Waals surface area contributed by atoms with Gasteiger partial charge in [0.05, 0.1) is 0 Å². The molecule has 2 unspecified atom stereocenters. The average molecular weight is 295 g/mol.